The second kappa shape index (κ2) is 14.7. The molecule has 0 bridgehead atoms. The van der Waals surface area contributed by atoms with Crippen LogP contribution in [0.5, 0.6) is 17.2 Å². The van der Waals surface area contributed by atoms with E-state index in [1.807, 2.05) is 32.9 Å². The number of carbonyl (C=O) groups excluding carboxylic acids is 2. The molecule has 2 aromatic carbocycles. The fourth-order valence-corrected chi connectivity index (χ4v) is 5.87. The maximum Gasteiger partial charge on any atom is 0.337 e. The van der Waals surface area contributed by atoms with E-state index in [2.05, 4.69) is 66.3 Å². The lowest BCUT2D eigenvalue weighted by Crippen LogP contribution is -2.45. The van der Waals surface area contributed by atoms with Gasteiger partial charge in [-0.2, -0.15) is 5.10 Å². The van der Waals surface area contributed by atoms with Gasteiger partial charge in [0, 0.05) is 14.8 Å². The molecule has 0 saturated carbocycles. The van der Waals surface area contributed by atoms with E-state index >= 15 is 0 Å². The lowest BCUT2D eigenvalue weighted by molar-refractivity contribution is -0.136. The number of halogens is 2. The lowest BCUT2D eigenvalue weighted by Gasteiger charge is -2.28. The third kappa shape index (κ3) is 8.36. The molecular weight excluding hydrogens is 746 g/mol. The van der Waals surface area contributed by atoms with E-state index in [-0.39, 0.29) is 18.3 Å². The zero-order valence-electron chi connectivity index (χ0n) is 22.7. The predicted molar refractivity (Wildman–Crippen MR) is 167 cm³/mol. The molecular formula is C27H32I2N4O7. The second-order valence-electron chi connectivity index (χ2n) is 8.89. The highest BCUT2D eigenvalue weighted by Crippen LogP contribution is 2.35. The fraction of sp³-hybridized carbons (Fsp3) is 0.370. The number of nitrogens with zero attached hydrogens (tertiary/aromatic N) is 1. The molecule has 2 aromatic rings. The number of esters is 1. The Kier molecular flexibility index (Phi) is 11.7. The quantitative estimate of drug-likeness (QED) is 0.0828. The molecule has 1 aliphatic heterocycles. The second-order valence-corrected chi connectivity index (χ2v) is 11.3. The molecule has 11 nitrogen and oxygen atoms in total. The van der Waals surface area contributed by atoms with Crippen LogP contribution >= 0.6 is 45.2 Å². The van der Waals surface area contributed by atoms with Crippen LogP contribution in [0.1, 0.15) is 44.9 Å². The Bertz CT molecular complexity index is 1300. The van der Waals surface area contributed by atoms with Gasteiger partial charge in [0.1, 0.15) is 12.4 Å². The first kappa shape index (κ1) is 31.7. The summed E-state index contributed by atoms with van der Waals surface area (Å²) in [4.78, 5) is 24.5. The summed E-state index contributed by atoms with van der Waals surface area (Å²) in [6.07, 6.45) is 0.464. The monoisotopic (exact) mass is 778 g/mol. The van der Waals surface area contributed by atoms with Gasteiger partial charge >= 0.3 is 12.0 Å². The van der Waals surface area contributed by atoms with Gasteiger partial charge in [-0.1, -0.05) is 6.07 Å². The molecule has 0 unspecified atom stereocenters. The minimum absolute atomic E-state index is 0.00301. The Morgan fingerprint density at radius 3 is 2.62 bits per heavy atom. The number of nitrogens with one attached hydrogen (secondary N) is 3. The Morgan fingerprint density at radius 1 is 1.20 bits per heavy atom. The molecule has 0 radical (unpaired) electrons. The van der Waals surface area contributed by atoms with Gasteiger partial charge in [0.25, 0.3) is 0 Å². The number of hydrazone groups is 1. The van der Waals surface area contributed by atoms with Crippen molar-refractivity contribution in [3.8, 4) is 17.2 Å². The van der Waals surface area contributed by atoms with Crippen LogP contribution in [0.15, 0.2) is 46.7 Å². The van der Waals surface area contributed by atoms with E-state index in [9.17, 15) is 14.7 Å². The van der Waals surface area contributed by atoms with Crippen molar-refractivity contribution in [2.45, 2.75) is 46.1 Å². The number of rotatable bonds is 12. The topological polar surface area (TPSA) is 140 Å². The van der Waals surface area contributed by atoms with Crippen molar-refractivity contribution in [2.75, 3.05) is 20.3 Å². The smallest absolute Gasteiger partial charge is 0.337 e. The van der Waals surface area contributed by atoms with Crippen LogP contribution in [0, 0.1) is 7.14 Å². The van der Waals surface area contributed by atoms with E-state index in [0.717, 1.165) is 18.5 Å². The maximum atomic E-state index is 12.4. The molecule has 0 aliphatic carbocycles. The number of aliphatic hydroxyl groups excluding tert-OH is 1. The molecule has 2 amide bonds. The maximum absolute atomic E-state index is 12.4. The average molecular weight is 778 g/mol. The highest BCUT2D eigenvalue weighted by Gasteiger charge is 2.32. The largest absolute Gasteiger partial charge is 0.490 e. The van der Waals surface area contributed by atoms with Gasteiger partial charge < -0.3 is 34.7 Å². The van der Waals surface area contributed by atoms with Crippen molar-refractivity contribution in [1.29, 1.82) is 0 Å². The Labute approximate surface area is 260 Å². The molecule has 1 aliphatic rings. The van der Waals surface area contributed by atoms with Gasteiger partial charge in [-0.15, -0.1) is 0 Å². The molecule has 2 atom stereocenters. The van der Waals surface area contributed by atoms with Crippen molar-refractivity contribution in [3.05, 3.63) is 59.9 Å². The van der Waals surface area contributed by atoms with Crippen LogP contribution in [-0.4, -0.2) is 56.0 Å². The molecule has 13 heteroatoms. The van der Waals surface area contributed by atoms with Crippen LogP contribution in [0.2, 0.25) is 0 Å². The molecule has 4 N–H and O–H groups in total. The van der Waals surface area contributed by atoms with Crippen LogP contribution in [0.4, 0.5) is 4.79 Å². The molecule has 216 valence electrons. The fourth-order valence-electron chi connectivity index (χ4n) is 3.85. The molecule has 40 heavy (non-hydrogen) atoms. The summed E-state index contributed by atoms with van der Waals surface area (Å²) in [6, 6.07) is 7.81. The van der Waals surface area contributed by atoms with Gasteiger partial charge in [0.15, 0.2) is 17.7 Å². The first-order valence-electron chi connectivity index (χ1n) is 12.4. The lowest BCUT2D eigenvalue weighted by atomic mass is 9.95. The zero-order valence-corrected chi connectivity index (χ0v) is 27.0. The van der Waals surface area contributed by atoms with Gasteiger partial charge in [-0.05, 0) is 103 Å². The van der Waals surface area contributed by atoms with Crippen molar-refractivity contribution < 1.29 is 33.6 Å². The normalized spacial score (nSPS) is 15.9. The highest BCUT2D eigenvalue weighted by atomic mass is 127. The number of methoxy groups -OCH3 is 1. The number of amides is 2. The number of urea groups is 1. The summed E-state index contributed by atoms with van der Waals surface area (Å²) in [5, 5.41) is 19.9. The van der Waals surface area contributed by atoms with Gasteiger partial charge in [0.05, 0.1) is 41.2 Å². The number of aliphatic hydroxyl groups is 1. The third-order valence-corrected chi connectivity index (χ3v) is 6.91. The molecule has 0 aromatic heterocycles. The molecule has 0 fully saturated rings. The Balaban J connectivity index is 1.72. The summed E-state index contributed by atoms with van der Waals surface area (Å²) in [5.74, 6) is 0.912. The van der Waals surface area contributed by atoms with E-state index in [1.54, 1.807) is 31.3 Å². The van der Waals surface area contributed by atoms with Gasteiger partial charge in [0.2, 0.25) is 0 Å². The van der Waals surface area contributed by atoms with Crippen LogP contribution in [0.3, 0.4) is 0 Å². The van der Waals surface area contributed by atoms with E-state index < -0.39 is 24.3 Å². The van der Waals surface area contributed by atoms with Gasteiger partial charge in [-0.25, -0.2) is 9.59 Å². The number of allylic oxidation sites excluding steroid dienone is 1. The number of hydrogen-bond donors (Lipinski definition) is 4. The van der Waals surface area contributed by atoms with Crippen LogP contribution in [0.25, 0.3) is 0 Å². The number of ether oxygens (including phenoxy) is 4. The number of hydrogen-bond acceptors (Lipinski definition) is 9. The first-order valence-corrected chi connectivity index (χ1v) is 14.6. The SMILES string of the molecule is CCOc1cc([C@@H]2NC(=O)NC(C)=C2C(=O)OC)ccc1OC[C@H](O)N/N=C/c1cc(I)cc(I)c1OC(C)C. The molecule has 3 rings (SSSR count). The Hall–Kier alpha value is -2.79. The van der Waals surface area contributed by atoms with Crippen molar-refractivity contribution >= 4 is 63.4 Å². The zero-order chi connectivity index (χ0) is 29.4. The summed E-state index contributed by atoms with van der Waals surface area (Å²) in [6.45, 7) is 7.57. The number of carbonyl (C=O) groups is 2. The summed E-state index contributed by atoms with van der Waals surface area (Å²) >= 11 is 4.45. The van der Waals surface area contributed by atoms with Crippen molar-refractivity contribution in [2.24, 2.45) is 5.10 Å². The summed E-state index contributed by atoms with van der Waals surface area (Å²) in [7, 11) is 1.28. The summed E-state index contributed by atoms with van der Waals surface area (Å²) in [5.41, 5.74) is 4.71. The van der Waals surface area contributed by atoms with E-state index in [0.29, 0.717) is 29.4 Å². The summed E-state index contributed by atoms with van der Waals surface area (Å²) < 4.78 is 24.4. The van der Waals surface area contributed by atoms with Crippen LogP contribution in [-0.2, 0) is 9.53 Å². The van der Waals surface area contributed by atoms with E-state index in [1.165, 1.54) is 7.11 Å². The third-order valence-electron chi connectivity index (χ3n) is 5.49. The van der Waals surface area contributed by atoms with Crippen molar-refractivity contribution in [3.63, 3.8) is 0 Å². The highest BCUT2D eigenvalue weighted by molar-refractivity contribution is 14.1. The predicted octanol–water partition coefficient (Wildman–Crippen LogP) is 4.20. The van der Waals surface area contributed by atoms with Crippen molar-refractivity contribution in [1.82, 2.24) is 16.1 Å². The average Bonchev–Trinajstić information content (AvgIpc) is 2.89. The molecule has 0 spiro atoms. The molecule has 1 heterocycles. The molecule has 0 saturated heterocycles. The minimum Gasteiger partial charge on any atom is -0.490 e. The van der Waals surface area contributed by atoms with Gasteiger partial charge in [-0.3, -0.25) is 5.43 Å². The standard InChI is InChI=1S/C27H32I2N4O7/c1-6-38-21-10-16(24-23(26(35)37-5)15(4)31-27(36)32-24)7-8-20(21)39-13-22(34)33-30-12-17-9-18(28)11-19(29)25(17)40-14(2)3/h7-12,14,22,24,33-34H,6,13H2,1-5H3,(H2,31,32,36)/b30-12+/t22-,24-/m0/s1. The van der Waals surface area contributed by atoms with E-state index in [4.69, 9.17) is 18.9 Å². The Morgan fingerprint density at radius 2 is 1.95 bits per heavy atom. The first-order chi connectivity index (χ1) is 19.0. The number of benzene rings is 2. The minimum atomic E-state index is -1.12. The van der Waals surface area contributed by atoms with Crippen LogP contribution < -0.4 is 30.3 Å².